The van der Waals surface area contributed by atoms with Crippen molar-refractivity contribution in [2.24, 2.45) is 11.1 Å². The fraction of sp³-hybridized carbons (Fsp3) is 0.714. The van der Waals surface area contributed by atoms with Gasteiger partial charge in [0.1, 0.15) is 0 Å². The number of nitrogens with one attached hydrogen (secondary N) is 1. The predicted octanol–water partition coefficient (Wildman–Crippen LogP) is 3.75. The molecule has 4 heteroatoms. The van der Waals surface area contributed by atoms with E-state index in [0.717, 1.165) is 26.1 Å². The maximum absolute atomic E-state index is 5.63. The first-order valence-corrected chi connectivity index (χ1v) is 8.09. The van der Waals surface area contributed by atoms with E-state index in [1.807, 2.05) is 11.3 Å². The lowest BCUT2D eigenvalue weighted by Crippen LogP contribution is -2.38. The first kappa shape index (κ1) is 16.2. The molecule has 0 aliphatic heterocycles. The van der Waals surface area contributed by atoms with Gasteiger partial charge in [-0.1, -0.05) is 27.7 Å². The maximum Gasteiger partial charge on any atom is 0.0285 e. The molecule has 104 valence electrons. The molecule has 0 saturated carbocycles. The van der Waals surface area contributed by atoms with E-state index in [2.05, 4.69) is 60.4 Å². The minimum absolute atomic E-state index is 0.176. The molecule has 0 fully saturated rings. The number of rotatable bonds is 7. The van der Waals surface area contributed by atoms with E-state index in [-0.39, 0.29) is 10.8 Å². The lowest BCUT2D eigenvalue weighted by Gasteiger charge is -2.29. The molecule has 3 N–H and O–H groups in total. The molecule has 0 aromatic carbocycles. The Bertz CT molecular complexity index is 372. The highest BCUT2D eigenvalue weighted by Gasteiger charge is 2.24. The highest BCUT2D eigenvalue weighted by atomic mass is 79.9. The lowest BCUT2D eigenvalue weighted by molar-refractivity contribution is 0.306. The van der Waals surface area contributed by atoms with Crippen molar-refractivity contribution in [3.05, 3.63) is 20.8 Å². The Labute approximate surface area is 123 Å². The quantitative estimate of drug-likeness (QED) is 0.797. The fourth-order valence-corrected chi connectivity index (χ4v) is 3.50. The Morgan fingerprint density at radius 3 is 2.44 bits per heavy atom. The van der Waals surface area contributed by atoms with Gasteiger partial charge in [-0.25, -0.2) is 0 Å². The van der Waals surface area contributed by atoms with Crippen molar-refractivity contribution in [3.63, 3.8) is 0 Å². The van der Waals surface area contributed by atoms with Crippen molar-refractivity contribution in [2.75, 3.05) is 19.6 Å². The predicted molar refractivity (Wildman–Crippen MR) is 85.4 cm³/mol. The molecule has 1 rings (SSSR count). The van der Waals surface area contributed by atoms with Gasteiger partial charge >= 0.3 is 0 Å². The fourth-order valence-electron chi connectivity index (χ4n) is 1.95. The Morgan fingerprint density at radius 2 is 1.94 bits per heavy atom. The van der Waals surface area contributed by atoms with Crippen LogP contribution in [0.15, 0.2) is 15.9 Å². The Balaban J connectivity index is 2.47. The first-order chi connectivity index (χ1) is 8.27. The second-order valence-corrected chi connectivity index (χ2v) is 8.15. The van der Waals surface area contributed by atoms with Crippen LogP contribution >= 0.6 is 27.3 Å². The van der Waals surface area contributed by atoms with Gasteiger partial charge in [0.25, 0.3) is 0 Å². The minimum Gasteiger partial charge on any atom is -0.330 e. The Kier molecular flexibility index (Phi) is 5.84. The van der Waals surface area contributed by atoms with Gasteiger partial charge < -0.3 is 11.1 Å². The number of hydrogen-bond donors (Lipinski definition) is 2. The average molecular weight is 333 g/mol. The summed E-state index contributed by atoms with van der Waals surface area (Å²) in [7, 11) is 0. The molecule has 0 saturated heterocycles. The molecule has 0 unspecified atom stereocenters. The highest BCUT2D eigenvalue weighted by molar-refractivity contribution is 9.10. The topological polar surface area (TPSA) is 38.0 Å². The monoisotopic (exact) mass is 332 g/mol. The SMILES string of the molecule is CC(C)(CCN)CNCC(C)(C)c1cc(Br)cs1. The standard InChI is InChI=1S/C14H25BrN2S/c1-13(2,5-6-16)9-17-10-14(3,4)12-7-11(15)8-18-12/h7-8,17H,5-6,9-10,16H2,1-4H3. The van der Waals surface area contributed by atoms with Gasteiger partial charge in [-0.15, -0.1) is 11.3 Å². The third-order valence-electron chi connectivity index (χ3n) is 3.23. The van der Waals surface area contributed by atoms with Crippen molar-refractivity contribution in [3.8, 4) is 0 Å². The number of halogens is 1. The van der Waals surface area contributed by atoms with Crippen LogP contribution < -0.4 is 11.1 Å². The van der Waals surface area contributed by atoms with Crippen molar-refractivity contribution in [1.82, 2.24) is 5.32 Å². The molecule has 1 aromatic heterocycles. The second kappa shape index (κ2) is 6.51. The normalized spacial score (nSPS) is 13.0. The number of hydrogen-bond acceptors (Lipinski definition) is 3. The zero-order valence-electron chi connectivity index (χ0n) is 11.8. The van der Waals surface area contributed by atoms with Gasteiger partial charge in [-0.05, 0) is 40.4 Å². The summed E-state index contributed by atoms with van der Waals surface area (Å²) in [6, 6.07) is 2.22. The molecule has 0 aliphatic carbocycles. The van der Waals surface area contributed by atoms with Crippen molar-refractivity contribution < 1.29 is 0 Å². The summed E-state index contributed by atoms with van der Waals surface area (Å²) < 4.78 is 1.18. The summed E-state index contributed by atoms with van der Waals surface area (Å²) in [6.45, 7) is 11.9. The van der Waals surface area contributed by atoms with Gasteiger partial charge in [-0.3, -0.25) is 0 Å². The summed E-state index contributed by atoms with van der Waals surface area (Å²) in [5.41, 5.74) is 6.09. The summed E-state index contributed by atoms with van der Waals surface area (Å²) in [6.07, 6.45) is 1.06. The van der Waals surface area contributed by atoms with Crippen LogP contribution in [0, 0.1) is 5.41 Å². The number of nitrogens with two attached hydrogens (primary N) is 1. The van der Waals surface area contributed by atoms with E-state index in [9.17, 15) is 0 Å². The molecule has 2 nitrogen and oxygen atoms in total. The van der Waals surface area contributed by atoms with E-state index >= 15 is 0 Å². The lowest BCUT2D eigenvalue weighted by atomic mass is 9.87. The van der Waals surface area contributed by atoms with Gasteiger partial charge in [-0.2, -0.15) is 0 Å². The summed E-state index contributed by atoms with van der Waals surface area (Å²) >= 11 is 5.34. The second-order valence-electron chi connectivity index (χ2n) is 6.32. The van der Waals surface area contributed by atoms with Gasteiger partial charge in [0, 0.05) is 33.2 Å². The van der Waals surface area contributed by atoms with Gasteiger partial charge in [0.2, 0.25) is 0 Å². The van der Waals surface area contributed by atoms with Crippen LogP contribution in [0.25, 0.3) is 0 Å². The maximum atomic E-state index is 5.63. The molecule has 0 atom stereocenters. The van der Waals surface area contributed by atoms with E-state index < -0.39 is 0 Å². The molecule has 1 aromatic rings. The number of thiophene rings is 1. The third kappa shape index (κ3) is 5.00. The molecule has 0 aliphatic rings. The van der Waals surface area contributed by atoms with Crippen LogP contribution in [0.2, 0.25) is 0 Å². The van der Waals surface area contributed by atoms with E-state index in [4.69, 9.17) is 5.73 Å². The minimum atomic E-state index is 0.176. The molecule has 0 radical (unpaired) electrons. The van der Waals surface area contributed by atoms with Crippen molar-refractivity contribution >= 4 is 27.3 Å². The highest BCUT2D eigenvalue weighted by Crippen LogP contribution is 2.31. The smallest absolute Gasteiger partial charge is 0.0285 e. The molecular formula is C14H25BrN2S. The van der Waals surface area contributed by atoms with Crippen LogP contribution in [0.3, 0.4) is 0 Å². The molecule has 18 heavy (non-hydrogen) atoms. The van der Waals surface area contributed by atoms with E-state index in [1.54, 1.807) is 0 Å². The summed E-state index contributed by atoms with van der Waals surface area (Å²) in [4.78, 5) is 1.42. The Hall–Kier alpha value is 0.1000. The van der Waals surface area contributed by atoms with Crippen LogP contribution in [0.4, 0.5) is 0 Å². The third-order valence-corrected chi connectivity index (χ3v) is 5.28. The van der Waals surface area contributed by atoms with E-state index in [1.165, 1.54) is 9.35 Å². The average Bonchev–Trinajstić information content (AvgIpc) is 2.64. The van der Waals surface area contributed by atoms with Gasteiger partial charge in [0.15, 0.2) is 0 Å². The first-order valence-electron chi connectivity index (χ1n) is 6.42. The van der Waals surface area contributed by atoms with Crippen molar-refractivity contribution in [2.45, 2.75) is 39.5 Å². The van der Waals surface area contributed by atoms with Crippen molar-refractivity contribution in [1.29, 1.82) is 0 Å². The zero-order valence-corrected chi connectivity index (χ0v) is 14.2. The van der Waals surface area contributed by atoms with Crippen LogP contribution in [0.5, 0.6) is 0 Å². The summed E-state index contributed by atoms with van der Waals surface area (Å²) in [5, 5.41) is 5.74. The molecule has 0 bridgehead atoms. The zero-order chi connectivity index (χ0) is 13.8. The van der Waals surface area contributed by atoms with Crippen LogP contribution in [-0.4, -0.2) is 19.6 Å². The molecular weight excluding hydrogens is 308 g/mol. The molecule has 0 spiro atoms. The van der Waals surface area contributed by atoms with E-state index in [0.29, 0.717) is 0 Å². The Morgan fingerprint density at radius 1 is 1.28 bits per heavy atom. The van der Waals surface area contributed by atoms with Crippen LogP contribution in [0.1, 0.15) is 39.0 Å². The van der Waals surface area contributed by atoms with Gasteiger partial charge in [0.05, 0.1) is 0 Å². The van der Waals surface area contributed by atoms with Crippen LogP contribution in [-0.2, 0) is 5.41 Å². The summed E-state index contributed by atoms with van der Waals surface area (Å²) in [5.74, 6) is 0. The molecule has 1 heterocycles. The molecule has 0 amide bonds. The largest absolute Gasteiger partial charge is 0.330 e.